The lowest BCUT2D eigenvalue weighted by Crippen LogP contribution is -2.38. The summed E-state index contributed by atoms with van der Waals surface area (Å²) in [7, 11) is 0. The summed E-state index contributed by atoms with van der Waals surface area (Å²) in [6.45, 7) is 5.09. The van der Waals surface area contributed by atoms with Gasteiger partial charge in [-0.3, -0.25) is 4.79 Å². The van der Waals surface area contributed by atoms with Crippen molar-refractivity contribution < 1.29 is 18.7 Å². The number of halogens is 3. The molecule has 0 radical (unpaired) electrons. The van der Waals surface area contributed by atoms with E-state index in [-0.39, 0.29) is 21.8 Å². The van der Waals surface area contributed by atoms with Gasteiger partial charge >= 0.3 is 6.09 Å². The third-order valence-corrected chi connectivity index (χ3v) is 4.31. The second-order valence-corrected chi connectivity index (χ2v) is 7.83. The highest BCUT2D eigenvalue weighted by Crippen LogP contribution is 2.40. The molecular weight excluding hydrogens is 392 g/mol. The number of benzene rings is 2. The maximum absolute atomic E-state index is 14.3. The van der Waals surface area contributed by atoms with Gasteiger partial charge in [-0.15, -0.1) is 0 Å². The molecule has 1 aliphatic rings. The van der Waals surface area contributed by atoms with Crippen LogP contribution in [-0.2, 0) is 9.53 Å². The van der Waals surface area contributed by atoms with Crippen LogP contribution in [0.2, 0.25) is 10.0 Å². The minimum Gasteiger partial charge on any atom is -0.443 e. The van der Waals surface area contributed by atoms with Gasteiger partial charge in [0.25, 0.3) is 5.91 Å². The normalized spacial score (nSPS) is 15.3. The van der Waals surface area contributed by atoms with Gasteiger partial charge in [0.1, 0.15) is 11.4 Å². The molecule has 0 saturated carbocycles. The number of carbonyl (C=O) groups is 2. The molecule has 27 heavy (non-hydrogen) atoms. The van der Waals surface area contributed by atoms with Crippen LogP contribution in [0, 0.1) is 5.82 Å². The number of fused-ring (bicyclic) bond motifs is 1. The van der Waals surface area contributed by atoms with Crippen molar-refractivity contribution >= 4 is 52.5 Å². The van der Waals surface area contributed by atoms with E-state index in [2.05, 4.69) is 0 Å². The van der Waals surface area contributed by atoms with Gasteiger partial charge in [-0.2, -0.15) is 0 Å². The van der Waals surface area contributed by atoms with Crippen LogP contribution in [0.15, 0.2) is 36.4 Å². The number of carbonyl (C=O) groups excluding carboxylic acids is 2. The molecule has 1 aliphatic heterocycles. The lowest BCUT2D eigenvalue weighted by atomic mass is 10.0. The van der Waals surface area contributed by atoms with Gasteiger partial charge in [0.2, 0.25) is 0 Å². The number of anilines is 1. The first-order valence-electron chi connectivity index (χ1n) is 8.11. The van der Waals surface area contributed by atoms with E-state index >= 15 is 0 Å². The molecule has 4 nitrogen and oxygen atoms in total. The highest BCUT2D eigenvalue weighted by Gasteiger charge is 2.39. The van der Waals surface area contributed by atoms with Crippen molar-refractivity contribution in [3.05, 3.63) is 63.4 Å². The highest BCUT2D eigenvalue weighted by molar-refractivity contribution is 6.42. The van der Waals surface area contributed by atoms with Crippen LogP contribution >= 0.6 is 23.2 Å². The van der Waals surface area contributed by atoms with E-state index in [1.807, 2.05) is 0 Å². The zero-order chi connectivity index (χ0) is 19.9. The van der Waals surface area contributed by atoms with Crippen LogP contribution in [0.25, 0.3) is 11.6 Å². The fourth-order valence-corrected chi connectivity index (χ4v) is 3.03. The summed E-state index contributed by atoms with van der Waals surface area (Å²) in [5.74, 6) is -1.27. The number of hydrogen-bond donors (Lipinski definition) is 0. The van der Waals surface area contributed by atoms with E-state index in [1.54, 1.807) is 39.0 Å². The number of ether oxygens (including phenoxy) is 1. The molecule has 2 amide bonds. The molecule has 0 aliphatic carbocycles. The third-order valence-electron chi connectivity index (χ3n) is 3.78. The smallest absolute Gasteiger partial charge is 0.422 e. The van der Waals surface area contributed by atoms with Crippen molar-refractivity contribution in [2.45, 2.75) is 26.4 Å². The number of imide groups is 1. The van der Waals surface area contributed by atoms with Crippen LogP contribution < -0.4 is 4.90 Å². The Labute approximate surface area is 166 Å². The first-order chi connectivity index (χ1) is 12.6. The van der Waals surface area contributed by atoms with E-state index in [9.17, 15) is 14.0 Å². The highest BCUT2D eigenvalue weighted by atomic mass is 35.5. The van der Waals surface area contributed by atoms with Gasteiger partial charge in [-0.25, -0.2) is 14.1 Å². The van der Waals surface area contributed by atoms with Gasteiger partial charge in [0.15, 0.2) is 0 Å². The monoisotopic (exact) mass is 407 g/mol. The molecule has 0 atom stereocenters. The Morgan fingerprint density at radius 1 is 1.19 bits per heavy atom. The summed E-state index contributed by atoms with van der Waals surface area (Å²) in [6.07, 6.45) is 0.534. The predicted molar refractivity (Wildman–Crippen MR) is 104 cm³/mol. The Bertz CT molecular complexity index is 980. The molecule has 2 aromatic rings. The summed E-state index contributed by atoms with van der Waals surface area (Å²) in [6, 6.07) is 9.17. The summed E-state index contributed by atoms with van der Waals surface area (Å²) >= 11 is 11.9. The van der Waals surface area contributed by atoms with Crippen molar-refractivity contribution in [1.82, 2.24) is 0 Å². The Balaban J connectivity index is 2.13. The van der Waals surface area contributed by atoms with Crippen molar-refractivity contribution in [1.29, 1.82) is 0 Å². The molecule has 2 aromatic carbocycles. The predicted octanol–water partition coefficient (Wildman–Crippen LogP) is 5.95. The van der Waals surface area contributed by atoms with Gasteiger partial charge in [-0.1, -0.05) is 41.4 Å². The standard InChI is InChI=1S/C20H16Cl2FNO3/c1-20(2,3)27-19(26)24-16-10-12(21)7-8-13(16)14(18(24)25)9-11-5-4-6-15(22)17(11)23/h4-10H,1-3H3. The van der Waals surface area contributed by atoms with E-state index in [0.29, 0.717) is 10.6 Å². The summed E-state index contributed by atoms with van der Waals surface area (Å²) in [5.41, 5.74) is 0.235. The third kappa shape index (κ3) is 3.84. The van der Waals surface area contributed by atoms with E-state index < -0.39 is 23.4 Å². The fourth-order valence-electron chi connectivity index (χ4n) is 2.68. The molecule has 140 valence electrons. The molecule has 0 aromatic heterocycles. The maximum atomic E-state index is 14.3. The van der Waals surface area contributed by atoms with Gasteiger partial charge < -0.3 is 4.74 Å². The zero-order valence-corrected chi connectivity index (χ0v) is 16.4. The molecule has 0 bridgehead atoms. The quantitative estimate of drug-likeness (QED) is 0.548. The van der Waals surface area contributed by atoms with Crippen molar-refractivity contribution in [2.75, 3.05) is 4.90 Å². The van der Waals surface area contributed by atoms with E-state index in [4.69, 9.17) is 27.9 Å². The molecule has 0 spiro atoms. The van der Waals surface area contributed by atoms with Crippen LogP contribution in [0.3, 0.4) is 0 Å². The summed E-state index contributed by atoms with van der Waals surface area (Å²) in [4.78, 5) is 26.4. The van der Waals surface area contributed by atoms with Crippen LogP contribution in [-0.4, -0.2) is 17.6 Å². The Morgan fingerprint density at radius 3 is 2.56 bits per heavy atom. The fraction of sp³-hybridized carbons (Fsp3) is 0.200. The zero-order valence-electron chi connectivity index (χ0n) is 14.8. The summed E-state index contributed by atoms with van der Waals surface area (Å²) in [5, 5.41) is 0.292. The second kappa shape index (κ2) is 6.98. The lowest BCUT2D eigenvalue weighted by Gasteiger charge is -2.23. The molecule has 0 unspecified atom stereocenters. The number of hydrogen-bond acceptors (Lipinski definition) is 3. The molecule has 0 N–H and O–H groups in total. The largest absolute Gasteiger partial charge is 0.443 e. The molecule has 7 heteroatoms. The SMILES string of the molecule is CC(C)(C)OC(=O)N1C(=O)C(=Cc2cccc(Cl)c2F)c2ccc(Cl)cc21. The topological polar surface area (TPSA) is 46.6 Å². The van der Waals surface area contributed by atoms with Crippen LogP contribution in [0.5, 0.6) is 0 Å². The first kappa shape index (κ1) is 19.4. The van der Waals surface area contributed by atoms with Gasteiger partial charge in [0, 0.05) is 16.1 Å². The Hall–Kier alpha value is -2.37. The second-order valence-electron chi connectivity index (χ2n) is 6.98. The van der Waals surface area contributed by atoms with Gasteiger partial charge in [0.05, 0.1) is 16.3 Å². The van der Waals surface area contributed by atoms with Crippen LogP contribution in [0.1, 0.15) is 31.9 Å². The number of amides is 2. The lowest BCUT2D eigenvalue weighted by molar-refractivity contribution is -0.112. The molecule has 0 saturated heterocycles. The first-order valence-corrected chi connectivity index (χ1v) is 8.87. The maximum Gasteiger partial charge on any atom is 0.422 e. The average molecular weight is 408 g/mol. The molecule has 1 heterocycles. The van der Waals surface area contributed by atoms with E-state index in [0.717, 1.165) is 4.90 Å². The minimum absolute atomic E-state index is 0.0601. The summed E-state index contributed by atoms with van der Waals surface area (Å²) < 4.78 is 19.6. The molecular formula is C20H16Cl2FNO3. The molecule has 3 rings (SSSR count). The van der Waals surface area contributed by atoms with Crippen LogP contribution in [0.4, 0.5) is 14.9 Å². The Morgan fingerprint density at radius 2 is 1.89 bits per heavy atom. The minimum atomic E-state index is -0.828. The average Bonchev–Trinajstić information content (AvgIpc) is 2.81. The molecule has 0 fully saturated rings. The van der Waals surface area contributed by atoms with Crippen molar-refractivity contribution in [3.8, 4) is 0 Å². The van der Waals surface area contributed by atoms with E-state index in [1.165, 1.54) is 24.3 Å². The number of rotatable bonds is 1. The van der Waals surface area contributed by atoms with Crippen molar-refractivity contribution in [2.24, 2.45) is 0 Å². The Kier molecular flexibility index (Phi) is 5.02. The number of nitrogens with zero attached hydrogens (tertiary/aromatic N) is 1. The van der Waals surface area contributed by atoms with Gasteiger partial charge in [-0.05, 0) is 45.0 Å². The van der Waals surface area contributed by atoms with Crippen molar-refractivity contribution in [3.63, 3.8) is 0 Å².